The zero-order valence-electron chi connectivity index (χ0n) is 11.4. The summed E-state index contributed by atoms with van der Waals surface area (Å²) in [5, 5.41) is 14.1. The molecule has 0 saturated carbocycles. The topological polar surface area (TPSA) is 35.5 Å². The van der Waals surface area contributed by atoms with Gasteiger partial charge in [0.1, 0.15) is 0 Å². The third-order valence-corrected chi connectivity index (χ3v) is 4.79. The fourth-order valence-electron chi connectivity index (χ4n) is 3.40. The van der Waals surface area contributed by atoms with Gasteiger partial charge in [-0.05, 0) is 51.6 Å². The molecule has 3 nitrogen and oxygen atoms in total. The summed E-state index contributed by atoms with van der Waals surface area (Å²) in [6, 6.07) is 1.34. The van der Waals surface area contributed by atoms with Gasteiger partial charge in [0, 0.05) is 18.6 Å². The Morgan fingerprint density at radius 1 is 1.24 bits per heavy atom. The molecule has 0 aromatic rings. The van der Waals surface area contributed by atoms with Gasteiger partial charge in [-0.15, -0.1) is 0 Å². The summed E-state index contributed by atoms with van der Waals surface area (Å²) in [5.41, 5.74) is -0.471. The second-order valence-corrected chi connectivity index (χ2v) is 5.81. The van der Waals surface area contributed by atoms with Gasteiger partial charge in [0.05, 0.1) is 5.60 Å². The molecule has 17 heavy (non-hydrogen) atoms. The van der Waals surface area contributed by atoms with Gasteiger partial charge in [0.25, 0.3) is 0 Å². The predicted octanol–water partition coefficient (Wildman–Crippen LogP) is 1.75. The summed E-state index contributed by atoms with van der Waals surface area (Å²) >= 11 is 0. The van der Waals surface area contributed by atoms with Crippen LogP contribution in [0.2, 0.25) is 0 Å². The molecule has 0 spiro atoms. The summed E-state index contributed by atoms with van der Waals surface area (Å²) in [7, 11) is 0. The van der Waals surface area contributed by atoms with E-state index < -0.39 is 5.60 Å². The van der Waals surface area contributed by atoms with Crippen LogP contribution in [0.15, 0.2) is 0 Å². The first-order valence-corrected chi connectivity index (χ1v) is 7.38. The maximum Gasteiger partial charge on any atom is 0.0769 e. The van der Waals surface area contributed by atoms with Crippen molar-refractivity contribution >= 4 is 0 Å². The summed E-state index contributed by atoms with van der Waals surface area (Å²) in [4.78, 5) is 2.54. The Morgan fingerprint density at radius 3 is 2.59 bits per heavy atom. The predicted molar refractivity (Wildman–Crippen MR) is 71.2 cm³/mol. The van der Waals surface area contributed by atoms with E-state index in [9.17, 15) is 5.11 Å². The Balaban J connectivity index is 1.94. The van der Waals surface area contributed by atoms with E-state index in [0.29, 0.717) is 12.1 Å². The summed E-state index contributed by atoms with van der Waals surface area (Å²) in [6.45, 7) is 7.42. The van der Waals surface area contributed by atoms with Crippen LogP contribution in [0.4, 0.5) is 0 Å². The van der Waals surface area contributed by atoms with Crippen LogP contribution < -0.4 is 5.32 Å². The highest BCUT2D eigenvalue weighted by atomic mass is 16.3. The Labute approximate surface area is 106 Å². The number of rotatable bonds is 5. The molecule has 2 aliphatic rings. The number of β-amino-alcohol motifs (C(OH)–C–C–N with tert-alkyl or cyclic N) is 1. The lowest BCUT2D eigenvalue weighted by Gasteiger charge is -2.36. The van der Waals surface area contributed by atoms with Crippen LogP contribution in [0.5, 0.6) is 0 Å². The van der Waals surface area contributed by atoms with Crippen LogP contribution >= 0.6 is 0 Å². The first-order valence-electron chi connectivity index (χ1n) is 7.38. The van der Waals surface area contributed by atoms with Crippen molar-refractivity contribution in [3.05, 3.63) is 0 Å². The molecular weight excluding hydrogens is 212 g/mol. The van der Waals surface area contributed by atoms with Crippen LogP contribution in [-0.2, 0) is 0 Å². The van der Waals surface area contributed by atoms with Crippen LogP contribution in [0, 0.1) is 0 Å². The number of hydrogen-bond donors (Lipinski definition) is 2. The summed E-state index contributed by atoms with van der Waals surface area (Å²) in [5.74, 6) is 0. The van der Waals surface area contributed by atoms with Crippen LogP contribution in [0.1, 0.15) is 52.4 Å². The summed E-state index contributed by atoms with van der Waals surface area (Å²) < 4.78 is 0. The fourth-order valence-corrected chi connectivity index (χ4v) is 3.40. The molecule has 2 atom stereocenters. The molecule has 0 amide bonds. The van der Waals surface area contributed by atoms with Gasteiger partial charge in [0.2, 0.25) is 0 Å². The minimum Gasteiger partial charge on any atom is -0.389 e. The first kappa shape index (κ1) is 13.3. The third kappa shape index (κ3) is 3.01. The molecular formula is C14H28N2O. The molecule has 2 aliphatic heterocycles. The van der Waals surface area contributed by atoms with Crippen molar-refractivity contribution < 1.29 is 5.11 Å². The molecule has 2 N–H and O–H groups in total. The van der Waals surface area contributed by atoms with Gasteiger partial charge in [-0.2, -0.15) is 0 Å². The molecule has 0 aromatic heterocycles. The van der Waals surface area contributed by atoms with Crippen molar-refractivity contribution in [1.82, 2.24) is 10.2 Å². The number of hydrogen-bond acceptors (Lipinski definition) is 3. The van der Waals surface area contributed by atoms with Gasteiger partial charge in [-0.25, -0.2) is 0 Å². The largest absolute Gasteiger partial charge is 0.389 e. The van der Waals surface area contributed by atoms with Gasteiger partial charge < -0.3 is 10.4 Å². The van der Waals surface area contributed by atoms with E-state index in [2.05, 4.69) is 24.1 Å². The second-order valence-electron chi connectivity index (χ2n) is 5.81. The van der Waals surface area contributed by atoms with Gasteiger partial charge >= 0.3 is 0 Å². The maximum atomic E-state index is 10.5. The van der Waals surface area contributed by atoms with Gasteiger partial charge in [-0.1, -0.05) is 13.8 Å². The minimum absolute atomic E-state index is 0.471. The van der Waals surface area contributed by atoms with Crippen LogP contribution in [-0.4, -0.2) is 47.3 Å². The van der Waals surface area contributed by atoms with Crippen LogP contribution in [0.25, 0.3) is 0 Å². The zero-order valence-corrected chi connectivity index (χ0v) is 11.4. The minimum atomic E-state index is -0.471. The van der Waals surface area contributed by atoms with Crippen LogP contribution in [0.3, 0.4) is 0 Å². The summed E-state index contributed by atoms with van der Waals surface area (Å²) in [6.07, 6.45) is 6.97. The molecule has 2 saturated heterocycles. The number of aliphatic hydroxyl groups is 1. The van der Waals surface area contributed by atoms with Crippen molar-refractivity contribution in [3.8, 4) is 0 Å². The van der Waals surface area contributed by atoms with E-state index in [1.165, 1.54) is 38.8 Å². The van der Waals surface area contributed by atoms with Gasteiger partial charge in [0.15, 0.2) is 0 Å². The monoisotopic (exact) mass is 240 g/mol. The van der Waals surface area contributed by atoms with Crippen molar-refractivity contribution in [2.24, 2.45) is 0 Å². The Hall–Kier alpha value is -0.120. The molecule has 2 fully saturated rings. The Morgan fingerprint density at radius 2 is 2.00 bits per heavy atom. The highest BCUT2D eigenvalue weighted by molar-refractivity contribution is 4.94. The highest BCUT2D eigenvalue weighted by Gasteiger charge is 2.36. The normalized spacial score (nSPS) is 31.2. The zero-order chi connectivity index (χ0) is 12.3. The van der Waals surface area contributed by atoms with E-state index in [4.69, 9.17) is 0 Å². The Bertz CT molecular complexity index is 234. The molecule has 0 bridgehead atoms. The van der Waals surface area contributed by atoms with Crippen molar-refractivity contribution in [2.45, 2.75) is 70.1 Å². The third-order valence-electron chi connectivity index (χ3n) is 4.79. The first-order chi connectivity index (χ1) is 8.18. The molecule has 100 valence electrons. The number of nitrogens with one attached hydrogen (secondary N) is 1. The highest BCUT2D eigenvalue weighted by Crippen LogP contribution is 2.28. The van der Waals surface area contributed by atoms with E-state index in [1.807, 2.05) is 0 Å². The van der Waals surface area contributed by atoms with E-state index in [0.717, 1.165) is 19.4 Å². The fraction of sp³-hybridized carbons (Fsp3) is 1.00. The van der Waals surface area contributed by atoms with E-state index in [-0.39, 0.29) is 0 Å². The van der Waals surface area contributed by atoms with Crippen molar-refractivity contribution in [3.63, 3.8) is 0 Å². The van der Waals surface area contributed by atoms with E-state index >= 15 is 0 Å². The molecule has 0 aromatic carbocycles. The molecule has 0 aliphatic carbocycles. The van der Waals surface area contributed by atoms with Crippen molar-refractivity contribution in [2.75, 3.05) is 19.6 Å². The quantitative estimate of drug-likeness (QED) is 0.768. The molecule has 2 rings (SSSR count). The lowest BCUT2D eigenvalue weighted by molar-refractivity contribution is -0.00963. The smallest absolute Gasteiger partial charge is 0.0769 e. The van der Waals surface area contributed by atoms with Crippen molar-refractivity contribution in [1.29, 1.82) is 0 Å². The standard InChI is InChI=1S/C14H28N2O/c1-3-14(17,4-2)11-16-10-6-8-13(16)12-7-5-9-15-12/h12-13,15,17H,3-11H2,1-2H3. The Kier molecular flexibility index (Phi) is 4.45. The lowest BCUT2D eigenvalue weighted by Crippen LogP contribution is -2.50. The molecule has 3 heteroatoms. The lowest BCUT2D eigenvalue weighted by atomic mass is 9.95. The van der Waals surface area contributed by atoms with E-state index in [1.54, 1.807) is 0 Å². The number of nitrogens with zero attached hydrogens (tertiary/aromatic N) is 1. The molecule has 0 radical (unpaired) electrons. The van der Waals surface area contributed by atoms with Gasteiger partial charge in [-0.3, -0.25) is 4.90 Å². The maximum absolute atomic E-state index is 10.5. The molecule has 2 heterocycles. The molecule has 2 unspecified atom stereocenters. The average molecular weight is 240 g/mol. The number of likely N-dealkylation sites (tertiary alicyclic amines) is 1. The average Bonchev–Trinajstić information content (AvgIpc) is 2.98. The second kappa shape index (κ2) is 5.68. The SMILES string of the molecule is CCC(O)(CC)CN1CCCC1C1CCCN1.